The molecule has 0 unspecified atom stereocenters. The second kappa shape index (κ2) is 5.76. The zero-order valence-electron chi connectivity index (χ0n) is 12.9. The van der Waals surface area contributed by atoms with Gasteiger partial charge in [-0.15, -0.1) is 0 Å². The summed E-state index contributed by atoms with van der Waals surface area (Å²) in [4.78, 5) is 23.7. The minimum absolute atomic E-state index is 0.120. The highest BCUT2D eigenvalue weighted by Gasteiger charge is 2.20. The van der Waals surface area contributed by atoms with Gasteiger partial charge in [0.1, 0.15) is 5.69 Å². The Morgan fingerprint density at radius 1 is 1.09 bits per heavy atom. The van der Waals surface area contributed by atoms with Crippen LogP contribution >= 0.6 is 0 Å². The molecule has 3 rings (SSSR count). The van der Waals surface area contributed by atoms with Gasteiger partial charge in [-0.3, -0.25) is 9.36 Å². The number of aromatic nitrogens is 1. The summed E-state index contributed by atoms with van der Waals surface area (Å²) in [5.41, 5.74) is 3.78. The van der Waals surface area contributed by atoms with Gasteiger partial charge in [0.15, 0.2) is 5.81 Å². The molecular formula is C18H14BNO3. The summed E-state index contributed by atoms with van der Waals surface area (Å²) in [6.45, 7) is 2.02. The van der Waals surface area contributed by atoms with Crippen LogP contribution < -0.4 is 0 Å². The minimum Gasteiger partial charge on any atom is -0.464 e. The maximum atomic E-state index is 11.9. The average molecular weight is 303 g/mol. The molecule has 3 aromatic rings. The van der Waals surface area contributed by atoms with Gasteiger partial charge in [-0.25, -0.2) is 4.79 Å². The second-order valence-corrected chi connectivity index (χ2v) is 5.30. The standard InChI is InChI=1S/C18H14BNO3/c1-11-6-8-12(9-7-11)13-4-3-5-15-14(13)10-16(17(21)23-2)20(15)18(19)22/h3-10H,1-2H3. The molecule has 0 aliphatic heterocycles. The van der Waals surface area contributed by atoms with Crippen LogP contribution in [-0.4, -0.2) is 31.3 Å². The molecule has 0 bridgehead atoms. The molecule has 0 amide bonds. The molecule has 0 saturated heterocycles. The molecule has 0 aliphatic carbocycles. The van der Waals surface area contributed by atoms with Crippen LogP contribution in [0.1, 0.15) is 16.1 Å². The normalized spacial score (nSPS) is 10.7. The summed E-state index contributed by atoms with van der Waals surface area (Å²) in [6, 6.07) is 15.2. The van der Waals surface area contributed by atoms with Crippen LogP contribution in [0.25, 0.3) is 22.0 Å². The van der Waals surface area contributed by atoms with Crippen LogP contribution in [0.2, 0.25) is 0 Å². The fraction of sp³-hybridized carbons (Fsp3) is 0.111. The molecule has 1 heterocycles. The first kappa shape index (κ1) is 15.1. The Morgan fingerprint density at radius 3 is 2.39 bits per heavy atom. The lowest BCUT2D eigenvalue weighted by molar-refractivity contribution is 0.0591. The van der Waals surface area contributed by atoms with Crippen LogP contribution in [0.4, 0.5) is 4.79 Å². The third-order valence-corrected chi connectivity index (χ3v) is 3.82. The molecule has 2 radical (unpaired) electrons. The summed E-state index contributed by atoms with van der Waals surface area (Å²) < 4.78 is 5.93. The van der Waals surface area contributed by atoms with E-state index in [4.69, 9.17) is 12.6 Å². The molecule has 1 aromatic heterocycles. The van der Waals surface area contributed by atoms with E-state index in [-0.39, 0.29) is 5.69 Å². The lowest BCUT2D eigenvalue weighted by Gasteiger charge is -2.07. The average Bonchev–Trinajstić information content (AvgIpc) is 2.94. The molecule has 112 valence electrons. The second-order valence-electron chi connectivity index (χ2n) is 5.30. The highest BCUT2D eigenvalue weighted by atomic mass is 16.5. The van der Waals surface area contributed by atoms with E-state index < -0.39 is 11.8 Å². The van der Waals surface area contributed by atoms with E-state index in [1.54, 1.807) is 12.1 Å². The zero-order chi connectivity index (χ0) is 16.6. The van der Waals surface area contributed by atoms with Gasteiger partial charge in [0, 0.05) is 5.39 Å². The first-order chi connectivity index (χ1) is 11.0. The molecule has 0 fully saturated rings. The number of rotatable bonds is 2. The first-order valence-electron chi connectivity index (χ1n) is 7.12. The molecule has 2 aromatic carbocycles. The number of carbonyl (C=O) groups is 2. The van der Waals surface area contributed by atoms with Crippen molar-refractivity contribution in [2.24, 2.45) is 0 Å². The van der Waals surface area contributed by atoms with Crippen molar-refractivity contribution in [1.82, 2.24) is 4.57 Å². The van der Waals surface area contributed by atoms with Crippen LogP contribution in [0, 0.1) is 6.92 Å². The lowest BCUT2D eigenvalue weighted by atomic mass is 10.0. The van der Waals surface area contributed by atoms with E-state index in [1.165, 1.54) is 11.7 Å². The van der Waals surface area contributed by atoms with Crippen molar-refractivity contribution in [2.45, 2.75) is 6.92 Å². The van der Waals surface area contributed by atoms with Crippen LogP contribution in [-0.2, 0) is 4.74 Å². The smallest absolute Gasteiger partial charge is 0.355 e. The van der Waals surface area contributed by atoms with E-state index in [9.17, 15) is 9.59 Å². The molecule has 0 spiro atoms. The number of fused-ring (bicyclic) bond motifs is 1. The molecular weight excluding hydrogens is 289 g/mol. The molecule has 23 heavy (non-hydrogen) atoms. The van der Waals surface area contributed by atoms with E-state index >= 15 is 0 Å². The van der Waals surface area contributed by atoms with Gasteiger partial charge in [-0.1, -0.05) is 42.0 Å². The molecule has 0 atom stereocenters. The van der Waals surface area contributed by atoms with E-state index in [2.05, 4.69) is 0 Å². The Morgan fingerprint density at radius 2 is 1.78 bits per heavy atom. The van der Waals surface area contributed by atoms with Crippen LogP contribution in [0.3, 0.4) is 0 Å². The van der Waals surface area contributed by atoms with E-state index in [1.807, 2.05) is 43.3 Å². The monoisotopic (exact) mass is 303 g/mol. The molecule has 0 N–H and O–H groups in total. The SMILES string of the molecule is [B]C(=O)n1c(C(=O)OC)cc2c(-c3ccc(C)cc3)cccc21. The number of carbonyl (C=O) groups excluding carboxylic acids is 2. The minimum atomic E-state index is -0.721. The third kappa shape index (κ3) is 2.54. The first-order valence-corrected chi connectivity index (χ1v) is 7.12. The van der Waals surface area contributed by atoms with Crippen molar-refractivity contribution >= 4 is 30.5 Å². The van der Waals surface area contributed by atoms with Crippen molar-refractivity contribution in [1.29, 1.82) is 0 Å². The van der Waals surface area contributed by atoms with Crippen molar-refractivity contribution in [2.75, 3.05) is 7.11 Å². The fourth-order valence-corrected chi connectivity index (χ4v) is 2.71. The fourth-order valence-electron chi connectivity index (χ4n) is 2.71. The zero-order valence-corrected chi connectivity index (χ0v) is 12.9. The van der Waals surface area contributed by atoms with Crippen LogP contribution in [0.5, 0.6) is 0 Å². The summed E-state index contributed by atoms with van der Waals surface area (Å²) >= 11 is 0. The summed E-state index contributed by atoms with van der Waals surface area (Å²) in [6.07, 6.45) is 0. The predicted octanol–water partition coefficient (Wildman–Crippen LogP) is 3.54. The number of aryl methyl sites for hydroxylation is 1. The summed E-state index contributed by atoms with van der Waals surface area (Å²) in [5.74, 6) is -1.32. The van der Waals surface area contributed by atoms with Gasteiger partial charge in [-0.2, -0.15) is 0 Å². The van der Waals surface area contributed by atoms with Crippen molar-refractivity contribution in [3.8, 4) is 11.1 Å². The maximum Gasteiger partial charge on any atom is 0.355 e. The van der Waals surface area contributed by atoms with Gasteiger partial charge in [0.25, 0.3) is 0 Å². The summed E-state index contributed by atoms with van der Waals surface area (Å²) in [7, 11) is 6.71. The highest BCUT2D eigenvalue weighted by molar-refractivity contribution is 6.58. The lowest BCUT2D eigenvalue weighted by Crippen LogP contribution is -2.16. The van der Waals surface area contributed by atoms with Crippen molar-refractivity contribution < 1.29 is 14.3 Å². The van der Waals surface area contributed by atoms with E-state index in [0.717, 1.165) is 22.1 Å². The number of hydrogen-bond donors (Lipinski definition) is 0. The van der Waals surface area contributed by atoms with Crippen molar-refractivity contribution in [3.63, 3.8) is 0 Å². The number of ether oxygens (including phenoxy) is 1. The topological polar surface area (TPSA) is 48.3 Å². The van der Waals surface area contributed by atoms with Gasteiger partial charge < -0.3 is 4.74 Å². The quantitative estimate of drug-likeness (QED) is 0.537. The van der Waals surface area contributed by atoms with Gasteiger partial charge in [0.05, 0.1) is 12.6 Å². The summed E-state index contributed by atoms with van der Waals surface area (Å²) in [5, 5.41) is 0.774. The van der Waals surface area contributed by atoms with Gasteiger partial charge in [0.2, 0.25) is 7.85 Å². The number of benzene rings is 2. The number of methoxy groups -OCH3 is 1. The Hall–Kier alpha value is -2.82. The molecule has 4 nitrogen and oxygen atoms in total. The van der Waals surface area contributed by atoms with Gasteiger partial charge >= 0.3 is 5.97 Å². The Bertz CT molecular complexity index is 910. The molecule has 0 saturated carbocycles. The maximum absolute atomic E-state index is 11.9. The Balaban J connectivity index is 2.32. The highest BCUT2D eigenvalue weighted by Crippen LogP contribution is 2.31. The molecule has 0 aliphatic rings. The third-order valence-electron chi connectivity index (χ3n) is 3.82. The van der Waals surface area contributed by atoms with Gasteiger partial charge in [-0.05, 0) is 30.2 Å². The Kier molecular flexibility index (Phi) is 3.78. The largest absolute Gasteiger partial charge is 0.464 e. The molecule has 5 heteroatoms. The van der Waals surface area contributed by atoms with Crippen LogP contribution in [0.15, 0.2) is 48.5 Å². The number of hydrogen-bond acceptors (Lipinski definition) is 3. The number of esters is 1. The van der Waals surface area contributed by atoms with E-state index in [0.29, 0.717) is 5.52 Å². The predicted molar refractivity (Wildman–Crippen MR) is 90.0 cm³/mol. The Labute approximate surface area is 135 Å². The number of nitrogens with zero attached hydrogens (tertiary/aromatic N) is 1. The van der Waals surface area contributed by atoms with Crippen molar-refractivity contribution in [3.05, 3.63) is 59.8 Å².